The summed E-state index contributed by atoms with van der Waals surface area (Å²) in [5.41, 5.74) is 1.97. The topological polar surface area (TPSA) is 51.2 Å². The summed E-state index contributed by atoms with van der Waals surface area (Å²) in [6, 6.07) is 16.2. The molecule has 35 heavy (non-hydrogen) atoms. The van der Waals surface area contributed by atoms with Crippen LogP contribution in [0.15, 0.2) is 48.5 Å². The zero-order valence-electron chi connectivity index (χ0n) is 21.4. The van der Waals surface area contributed by atoms with Gasteiger partial charge in [-0.25, -0.2) is 0 Å². The van der Waals surface area contributed by atoms with Crippen LogP contribution in [0.4, 0.5) is 0 Å². The van der Waals surface area contributed by atoms with Crippen molar-refractivity contribution in [2.75, 3.05) is 33.4 Å². The first-order valence-electron chi connectivity index (χ1n) is 13.1. The van der Waals surface area contributed by atoms with Gasteiger partial charge in [0.25, 0.3) is 5.91 Å². The molecule has 2 heterocycles. The van der Waals surface area contributed by atoms with Gasteiger partial charge in [0.2, 0.25) is 0 Å². The predicted molar refractivity (Wildman–Crippen MR) is 138 cm³/mol. The number of rotatable bonds is 5. The number of methoxy groups -OCH3 is 1. The third-order valence-electron chi connectivity index (χ3n) is 6.96. The van der Waals surface area contributed by atoms with Gasteiger partial charge in [-0.05, 0) is 82.0 Å². The van der Waals surface area contributed by atoms with Crippen molar-refractivity contribution in [3.05, 3.63) is 59.7 Å². The molecule has 2 bridgehead atoms. The Balaban J connectivity index is 1.48. The highest BCUT2D eigenvalue weighted by Crippen LogP contribution is 2.27. The number of fused-ring (bicyclic) bond motifs is 3. The maximum absolute atomic E-state index is 13.4. The molecule has 0 N–H and O–H groups in total. The molecule has 0 aromatic heterocycles. The van der Waals surface area contributed by atoms with Crippen LogP contribution in [-0.4, -0.2) is 67.3 Å². The Labute approximate surface area is 210 Å². The molecule has 2 atom stereocenters. The summed E-state index contributed by atoms with van der Waals surface area (Å²) >= 11 is 0. The fourth-order valence-corrected chi connectivity index (χ4v) is 5.23. The number of benzene rings is 2. The van der Waals surface area contributed by atoms with Crippen molar-refractivity contribution in [1.29, 1.82) is 0 Å². The van der Waals surface area contributed by atoms with Crippen LogP contribution < -0.4 is 9.47 Å². The SMILES string of the molecule is CO[C@H]1CCCN2C(=O)c3cccc(c3)OCCN(Cc3ccc(OC(C)C)cc3)CCCC[C@@H]12. The first-order valence-corrected chi connectivity index (χ1v) is 13.1. The monoisotopic (exact) mass is 480 g/mol. The van der Waals surface area contributed by atoms with Gasteiger partial charge < -0.3 is 19.1 Å². The Morgan fingerprint density at radius 1 is 1.00 bits per heavy atom. The second kappa shape index (κ2) is 12.4. The number of hydrogen-bond acceptors (Lipinski definition) is 5. The Kier molecular flexibility index (Phi) is 9.05. The van der Waals surface area contributed by atoms with Gasteiger partial charge in [0.15, 0.2) is 0 Å². The summed E-state index contributed by atoms with van der Waals surface area (Å²) in [6.45, 7) is 8.16. The molecule has 0 aliphatic carbocycles. The van der Waals surface area contributed by atoms with Gasteiger partial charge in [-0.2, -0.15) is 0 Å². The van der Waals surface area contributed by atoms with E-state index in [1.54, 1.807) is 7.11 Å². The number of hydrogen-bond donors (Lipinski definition) is 0. The van der Waals surface area contributed by atoms with Crippen molar-refractivity contribution in [1.82, 2.24) is 9.80 Å². The largest absolute Gasteiger partial charge is 0.492 e. The molecule has 2 aliphatic heterocycles. The Morgan fingerprint density at radius 3 is 2.60 bits per heavy atom. The molecule has 0 unspecified atom stereocenters. The molecule has 6 nitrogen and oxygen atoms in total. The van der Waals surface area contributed by atoms with E-state index in [4.69, 9.17) is 14.2 Å². The number of nitrogens with zero attached hydrogens (tertiary/aromatic N) is 2. The lowest BCUT2D eigenvalue weighted by Crippen LogP contribution is -2.51. The van der Waals surface area contributed by atoms with E-state index in [9.17, 15) is 4.79 Å². The van der Waals surface area contributed by atoms with E-state index >= 15 is 0 Å². The van der Waals surface area contributed by atoms with E-state index in [2.05, 4.69) is 29.2 Å². The van der Waals surface area contributed by atoms with Crippen LogP contribution >= 0.6 is 0 Å². The fourth-order valence-electron chi connectivity index (χ4n) is 5.23. The minimum atomic E-state index is 0.0887. The summed E-state index contributed by atoms with van der Waals surface area (Å²) in [5.74, 6) is 1.75. The van der Waals surface area contributed by atoms with Crippen LogP contribution in [0, 0.1) is 0 Å². The van der Waals surface area contributed by atoms with Gasteiger partial charge in [-0.1, -0.05) is 24.6 Å². The van der Waals surface area contributed by atoms with Crippen molar-refractivity contribution in [2.24, 2.45) is 0 Å². The third kappa shape index (κ3) is 6.98. The van der Waals surface area contributed by atoms with Crippen LogP contribution in [0.3, 0.4) is 0 Å². The summed E-state index contributed by atoms with van der Waals surface area (Å²) < 4.78 is 17.7. The molecule has 2 aromatic rings. The molecular weight excluding hydrogens is 440 g/mol. The van der Waals surface area contributed by atoms with Gasteiger partial charge in [0.1, 0.15) is 18.1 Å². The summed E-state index contributed by atoms with van der Waals surface area (Å²) in [4.78, 5) is 17.9. The molecule has 2 aromatic carbocycles. The number of amides is 1. The molecule has 6 heteroatoms. The number of ether oxygens (including phenoxy) is 3. The van der Waals surface area contributed by atoms with Crippen LogP contribution in [0.5, 0.6) is 11.5 Å². The van der Waals surface area contributed by atoms with Crippen molar-refractivity contribution in [3.63, 3.8) is 0 Å². The van der Waals surface area contributed by atoms with Crippen molar-refractivity contribution in [2.45, 2.75) is 70.7 Å². The van der Waals surface area contributed by atoms with Crippen LogP contribution in [0.1, 0.15) is 61.9 Å². The number of piperidine rings is 1. The fraction of sp³-hybridized carbons (Fsp3) is 0.552. The molecule has 0 radical (unpaired) electrons. The number of carbonyl (C=O) groups excluding carboxylic acids is 1. The van der Waals surface area contributed by atoms with Gasteiger partial charge in [-0.15, -0.1) is 0 Å². The quantitative estimate of drug-likeness (QED) is 0.592. The molecule has 1 fully saturated rings. The van der Waals surface area contributed by atoms with Crippen molar-refractivity contribution < 1.29 is 19.0 Å². The highest BCUT2D eigenvalue weighted by Gasteiger charge is 2.34. The van der Waals surface area contributed by atoms with Crippen molar-refractivity contribution >= 4 is 5.91 Å². The smallest absolute Gasteiger partial charge is 0.254 e. The molecule has 0 spiro atoms. The third-order valence-corrected chi connectivity index (χ3v) is 6.96. The Hall–Kier alpha value is -2.57. The Morgan fingerprint density at radius 2 is 1.83 bits per heavy atom. The van der Waals surface area contributed by atoms with Crippen LogP contribution in [-0.2, 0) is 11.3 Å². The average Bonchev–Trinajstić information content (AvgIpc) is 2.86. The van der Waals surface area contributed by atoms with E-state index in [0.717, 1.165) is 69.8 Å². The maximum atomic E-state index is 13.4. The van der Waals surface area contributed by atoms with Crippen LogP contribution in [0.2, 0.25) is 0 Å². The van der Waals surface area contributed by atoms with E-state index < -0.39 is 0 Å². The lowest BCUT2D eigenvalue weighted by atomic mass is 9.93. The zero-order valence-corrected chi connectivity index (χ0v) is 21.4. The summed E-state index contributed by atoms with van der Waals surface area (Å²) in [5, 5.41) is 0. The zero-order chi connectivity index (χ0) is 24.6. The second-order valence-electron chi connectivity index (χ2n) is 9.94. The molecule has 4 rings (SSSR count). The molecule has 1 amide bonds. The first kappa shape index (κ1) is 25.5. The number of carbonyl (C=O) groups is 1. The standard InChI is InChI=1S/C29H40N2O4/c1-22(2)35-25-14-12-23(13-15-25)21-30-16-5-4-10-27-28(33-3)11-7-17-31(27)29(32)24-8-6-9-26(20-24)34-19-18-30/h6,8-9,12-15,20,22,27-28H,4-5,7,10-11,16-19,21H2,1-3H3/t27-,28-/m0/s1. The van der Waals surface area contributed by atoms with E-state index in [1.807, 2.05) is 43.0 Å². The molecule has 190 valence electrons. The van der Waals surface area contributed by atoms with E-state index in [0.29, 0.717) is 12.2 Å². The van der Waals surface area contributed by atoms with Crippen LogP contribution in [0.25, 0.3) is 0 Å². The lowest BCUT2D eigenvalue weighted by molar-refractivity contribution is -0.0156. The average molecular weight is 481 g/mol. The highest BCUT2D eigenvalue weighted by molar-refractivity contribution is 5.95. The molecule has 0 saturated carbocycles. The van der Waals surface area contributed by atoms with E-state index in [-0.39, 0.29) is 24.2 Å². The minimum Gasteiger partial charge on any atom is -0.492 e. The lowest BCUT2D eigenvalue weighted by Gasteiger charge is -2.41. The minimum absolute atomic E-state index is 0.0887. The maximum Gasteiger partial charge on any atom is 0.254 e. The predicted octanol–water partition coefficient (Wildman–Crippen LogP) is 5.16. The van der Waals surface area contributed by atoms with Gasteiger partial charge in [0, 0.05) is 32.3 Å². The van der Waals surface area contributed by atoms with Gasteiger partial charge in [-0.3, -0.25) is 9.69 Å². The Bertz CT molecular complexity index is 946. The highest BCUT2D eigenvalue weighted by atomic mass is 16.5. The first-order chi connectivity index (χ1) is 17.0. The normalized spacial score (nSPS) is 22.3. The van der Waals surface area contributed by atoms with E-state index in [1.165, 1.54) is 5.56 Å². The molecule has 2 aliphatic rings. The summed E-state index contributed by atoms with van der Waals surface area (Å²) in [7, 11) is 1.78. The van der Waals surface area contributed by atoms with Gasteiger partial charge >= 0.3 is 0 Å². The molecule has 1 saturated heterocycles. The summed E-state index contributed by atoms with van der Waals surface area (Å²) in [6.07, 6.45) is 5.37. The second-order valence-corrected chi connectivity index (χ2v) is 9.94. The molecular formula is C29H40N2O4. The van der Waals surface area contributed by atoms with Crippen molar-refractivity contribution in [3.8, 4) is 11.5 Å². The van der Waals surface area contributed by atoms with Gasteiger partial charge in [0.05, 0.1) is 18.2 Å².